The van der Waals surface area contributed by atoms with Gasteiger partial charge in [0, 0.05) is 24.9 Å². The van der Waals surface area contributed by atoms with Crippen LogP contribution in [0.25, 0.3) is 0 Å². The summed E-state index contributed by atoms with van der Waals surface area (Å²) >= 11 is 0. The zero-order chi connectivity index (χ0) is 16.3. The van der Waals surface area contributed by atoms with E-state index in [1.807, 2.05) is 25.7 Å². The molecule has 22 heavy (non-hydrogen) atoms. The molecule has 2 rings (SSSR count). The van der Waals surface area contributed by atoms with Crippen molar-refractivity contribution in [2.24, 2.45) is 11.8 Å². The van der Waals surface area contributed by atoms with E-state index in [2.05, 4.69) is 6.92 Å². The number of Topliss-reactive ketones (excluding diaryl/α,β-unsaturated/α-hetero) is 1. The molecule has 0 aromatic heterocycles. The van der Waals surface area contributed by atoms with Gasteiger partial charge in [0.2, 0.25) is 0 Å². The molecule has 0 bridgehead atoms. The van der Waals surface area contributed by atoms with Crippen LogP contribution in [0.1, 0.15) is 72.6 Å². The summed E-state index contributed by atoms with van der Waals surface area (Å²) in [6, 6.07) is 0.0429. The zero-order valence-electron chi connectivity index (χ0n) is 14.6. The molecular formula is C18H31NO3. The van der Waals surface area contributed by atoms with E-state index >= 15 is 0 Å². The summed E-state index contributed by atoms with van der Waals surface area (Å²) in [6.07, 6.45) is 6.57. The molecular weight excluding hydrogens is 278 g/mol. The molecule has 1 heterocycles. The van der Waals surface area contributed by atoms with Gasteiger partial charge in [-0.25, -0.2) is 4.79 Å². The van der Waals surface area contributed by atoms with Gasteiger partial charge in [-0.3, -0.25) is 4.79 Å². The van der Waals surface area contributed by atoms with Gasteiger partial charge in [-0.1, -0.05) is 19.8 Å². The number of hydrogen-bond donors (Lipinski definition) is 0. The van der Waals surface area contributed by atoms with Gasteiger partial charge in [0.1, 0.15) is 11.4 Å². The van der Waals surface area contributed by atoms with Crippen molar-refractivity contribution in [3.63, 3.8) is 0 Å². The number of hydrogen-bond acceptors (Lipinski definition) is 3. The highest BCUT2D eigenvalue weighted by Crippen LogP contribution is 2.35. The van der Waals surface area contributed by atoms with E-state index in [-0.39, 0.29) is 18.1 Å². The van der Waals surface area contributed by atoms with E-state index in [9.17, 15) is 9.59 Å². The molecule has 0 spiro atoms. The number of ketones is 1. The Labute approximate surface area is 134 Å². The molecule has 1 amide bonds. The second-order valence-electron chi connectivity index (χ2n) is 7.86. The van der Waals surface area contributed by atoms with Gasteiger partial charge in [-0.2, -0.15) is 0 Å². The Kier molecular flexibility index (Phi) is 5.51. The standard InChI is InChI=1S/C18H31NO3/c1-5-13-10-11-19(17(21)22-18(2,3)4)15(12-13)14-8-6-7-9-16(14)20/h13-15H,5-12H2,1-4H3. The lowest BCUT2D eigenvalue weighted by atomic mass is 9.76. The Morgan fingerprint density at radius 2 is 2.00 bits per heavy atom. The monoisotopic (exact) mass is 309 g/mol. The molecule has 0 radical (unpaired) electrons. The van der Waals surface area contributed by atoms with Crippen LogP contribution in [0.3, 0.4) is 0 Å². The highest BCUT2D eigenvalue weighted by atomic mass is 16.6. The number of carbonyl (C=O) groups is 2. The van der Waals surface area contributed by atoms with Gasteiger partial charge in [0.25, 0.3) is 0 Å². The van der Waals surface area contributed by atoms with Gasteiger partial charge in [-0.15, -0.1) is 0 Å². The lowest BCUT2D eigenvalue weighted by Crippen LogP contribution is -2.53. The minimum Gasteiger partial charge on any atom is -0.444 e. The first-order chi connectivity index (χ1) is 10.3. The first-order valence-corrected chi connectivity index (χ1v) is 8.84. The highest BCUT2D eigenvalue weighted by Gasteiger charge is 2.41. The molecule has 2 aliphatic rings. The molecule has 3 atom stereocenters. The number of ether oxygens (including phenoxy) is 1. The van der Waals surface area contributed by atoms with E-state index in [0.717, 1.165) is 45.1 Å². The van der Waals surface area contributed by atoms with Crippen LogP contribution in [-0.4, -0.2) is 35.0 Å². The zero-order valence-corrected chi connectivity index (χ0v) is 14.6. The molecule has 4 heteroatoms. The average molecular weight is 309 g/mol. The summed E-state index contributed by atoms with van der Waals surface area (Å²) in [5, 5.41) is 0. The van der Waals surface area contributed by atoms with Crippen LogP contribution in [0.4, 0.5) is 4.79 Å². The Morgan fingerprint density at radius 3 is 2.59 bits per heavy atom. The number of amides is 1. The van der Waals surface area contributed by atoms with E-state index < -0.39 is 5.60 Å². The Morgan fingerprint density at radius 1 is 1.27 bits per heavy atom. The van der Waals surface area contributed by atoms with E-state index in [1.165, 1.54) is 0 Å². The fraction of sp³-hybridized carbons (Fsp3) is 0.889. The summed E-state index contributed by atoms with van der Waals surface area (Å²) in [4.78, 5) is 26.8. The highest BCUT2D eigenvalue weighted by molar-refractivity contribution is 5.83. The van der Waals surface area contributed by atoms with E-state index in [0.29, 0.717) is 18.1 Å². The van der Waals surface area contributed by atoms with Gasteiger partial charge in [0.15, 0.2) is 0 Å². The van der Waals surface area contributed by atoms with Crippen LogP contribution in [0.5, 0.6) is 0 Å². The summed E-state index contributed by atoms with van der Waals surface area (Å²) in [6.45, 7) is 8.61. The second kappa shape index (κ2) is 7.01. The summed E-state index contributed by atoms with van der Waals surface area (Å²) < 4.78 is 5.58. The fourth-order valence-corrected chi connectivity index (χ4v) is 3.79. The molecule has 1 saturated heterocycles. The SMILES string of the molecule is CCC1CCN(C(=O)OC(C)(C)C)C(C2CCCCC2=O)C1. The number of rotatable bonds is 2. The van der Waals surface area contributed by atoms with Crippen LogP contribution in [0.2, 0.25) is 0 Å². The van der Waals surface area contributed by atoms with Crippen molar-refractivity contribution < 1.29 is 14.3 Å². The number of likely N-dealkylation sites (tertiary alicyclic amines) is 1. The van der Waals surface area contributed by atoms with Crippen molar-refractivity contribution in [2.45, 2.75) is 84.3 Å². The molecule has 0 N–H and O–H groups in total. The third-order valence-electron chi connectivity index (χ3n) is 5.03. The predicted octanol–water partition coefficient (Wildman–Crippen LogP) is 4.17. The molecule has 4 nitrogen and oxygen atoms in total. The van der Waals surface area contributed by atoms with Crippen LogP contribution in [0.15, 0.2) is 0 Å². The maximum Gasteiger partial charge on any atom is 0.410 e. The third-order valence-corrected chi connectivity index (χ3v) is 5.03. The molecule has 0 aromatic carbocycles. The van der Waals surface area contributed by atoms with Crippen molar-refractivity contribution in [3.05, 3.63) is 0 Å². The van der Waals surface area contributed by atoms with Crippen molar-refractivity contribution in [1.82, 2.24) is 4.90 Å². The molecule has 2 fully saturated rings. The molecule has 0 aromatic rings. The van der Waals surface area contributed by atoms with Crippen LogP contribution in [-0.2, 0) is 9.53 Å². The Balaban J connectivity index is 2.14. The minimum atomic E-state index is -0.486. The van der Waals surface area contributed by atoms with Gasteiger partial charge >= 0.3 is 6.09 Å². The smallest absolute Gasteiger partial charge is 0.410 e. The predicted molar refractivity (Wildman–Crippen MR) is 86.7 cm³/mol. The molecule has 3 unspecified atom stereocenters. The fourth-order valence-electron chi connectivity index (χ4n) is 3.79. The van der Waals surface area contributed by atoms with E-state index in [4.69, 9.17) is 4.74 Å². The van der Waals surface area contributed by atoms with Crippen molar-refractivity contribution in [1.29, 1.82) is 0 Å². The number of carbonyl (C=O) groups excluding carboxylic acids is 2. The molecule has 1 aliphatic heterocycles. The van der Waals surface area contributed by atoms with Gasteiger partial charge < -0.3 is 9.64 Å². The minimum absolute atomic E-state index is 0.0237. The van der Waals surface area contributed by atoms with Crippen LogP contribution < -0.4 is 0 Å². The Bertz CT molecular complexity index is 413. The van der Waals surface area contributed by atoms with E-state index in [1.54, 1.807) is 0 Å². The maximum atomic E-state index is 12.6. The van der Waals surface area contributed by atoms with Gasteiger partial charge in [-0.05, 0) is 52.4 Å². The molecule has 1 aliphatic carbocycles. The normalized spacial score (nSPS) is 30.3. The lowest BCUT2D eigenvalue weighted by molar-refractivity contribution is -0.127. The second-order valence-corrected chi connectivity index (χ2v) is 7.86. The number of piperidine rings is 1. The largest absolute Gasteiger partial charge is 0.444 e. The quantitative estimate of drug-likeness (QED) is 0.769. The van der Waals surface area contributed by atoms with Crippen molar-refractivity contribution in [2.75, 3.05) is 6.54 Å². The van der Waals surface area contributed by atoms with Crippen molar-refractivity contribution in [3.8, 4) is 0 Å². The first kappa shape index (κ1) is 17.3. The Hall–Kier alpha value is -1.06. The maximum absolute atomic E-state index is 12.6. The summed E-state index contributed by atoms with van der Waals surface area (Å²) in [5.74, 6) is 0.996. The topological polar surface area (TPSA) is 46.6 Å². The van der Waals surface area contributed by atoms with Crippen LogP contribution >= 0.6 is 0 Å². The molecule has 126 valence electrons. The first-order valence-electron chi connectivity index (χ1n) is 8.84. The number of nitrogens with zero attached hydrogens (tertiary/aromatic N) is 1. The lowest BCUT2D eigenvalue weighted by Gasteiger charge is -2.43. The summed E-state index contributed by atoms with van der Waals surface area (Å²) in [7, 11) is 0. The molecule has 1 saturated carbocycles. The van der Waals surface area contributed by atoms with Crippen molar-refractivity contribution >= 4 is 11.9 Å². The van der Waals surface area contributed by atoms with Gasteiger partial charge in [0.05, 0.1) is 0 Å². The summed E-state index contributed by atoms with van der Waals surface area (Å²) in [5.41, 5.74) is -0.486. The third kappa shape index (κ3) is 4.23. The average Bonchev–Trinajstić information content (AvgIpc) is 2.45. The van der Waals surface area contributed by atoms with Crippen LogP contribution in [0, 0.1) is 11.8 Å².